The summed E-state index contributed by atoms with van der Waals surface area (Å²) in [6.07, 6.45) is 3.33. The summed E-state index contributed by atoms with van der Waals surface area (Å²) in [5.41, 5.74) is 3.56. The zero-order valence-electron chi connectivity index (χ0n) is 21.1. The quantitative estimate of drug-likeness (QED) is 0.288. The molecule has 0 amide bonds. The maximum atomic E-state index is 9.41. The van der Waals surface area contributed by atoms with Crippen molar-refractivity contribution in [2.75, 3.05) is 0 Å². The molecular formula is C36H66O3. The van der Waals surface area contributed by atoms with Gasteiger partial charge >= 0.3 is 0 Å². The van der Waals surface area contributed by atoms with Crippen LogP contribution in [-0.4, -0.2) is 15.3 Å². The number of benzene rings is 3. The first-order chi connectivity index (χ1) is 15.7. The summed E-state index contributed by atoms with van der Waals surface area (Å²) in [5.74, 6) is 2.72. The van der Waals surface area contributed by atoms with Crippen molar-refractivity contribution in [3.05, 3.63) is 89.5 Å². The van der Waals surface area contributed by atoms with Crippen LogP contribution in [0.1, 0.15) is 140 Å². The first kappa shape index (κ1) is 49.1. The molecule has 0 heterocycles. The lowest BCUT2D eigenvalue weighted by atomic mass is 9.98. The van der Waals surface area contributed by atoms with Crippen LogP contribution in [0.15, 0.2) is 72.8 Å². The lowest BCUT2D eigenvalue weighted by molar-refractivity contribution is 0.462. The number of rotatable bonds is 6. The Morgan fingerprint density at radius 1 is 0.487 bits per heavy atom. The van der Waals surface area contributed by atoms with Crippen molar-refractivity contribution in [2.24, 2.45) is 0 Å². The highest BCUT2D eigenvalue weighted by atomic mass is 16.3. The van der Waals surface area contributed by atoms with Crippen molar-refractivity contribution < 1.29 is 15.3 Å². The molecular weight excluding hydrogens is 480 g/mol. The molecule has 0 radical (unpaired) electrons. The van der Waals surface area contributed by atoms with Crippen LogP contribution < -0.4 is 0 Å². The average molecular weight is 547 g/mol. The summed E-state index contributed by atoms with van der Waals surface area (Å²) in [5, 5.41) is 27.6. The monoisotopic (exact) mass is 547 g/mol. The van der Waals surface area contributed by atoms with Crippen LogP contribution in [0, 0.1) is 0 Å². The average Bonchev–Trinajstić information content (AvgIpc) is 2.84. The second-order valence-electron chi connectivity index (χ2n) is 8.67. The molecule has 3 aromatic carbocycles. The lowest BCUT2D eigenvalue weighted by Gasteiger charge is -2.09. The van der Waals surface area contributed by atoms with Crippen LogP contribution >= 0.6 is 0 Å². The molecule has 228 valence electrons. The summed E-state index contributed by atoms with van der Waals surface area (Å²) in [6, 6.07) is 22.4. The van der Waals surface area contributed by atoms with Crippen LogP contribution in [0.25, 0.3) is 0 Å². The van der Waals surface area contributed by atoms with E-state index in [4.69, 9.17) is 10.2 Å². The van der Waals surface area contributed by atoms with E-state index in [0.717, 1.165) is 24.8 Å². The number of para-hydroxylation sites is 1. The molecule has 0 aromatic heterocycles. The first-order valence-electron chi connectivity index (χ1n) is 12.1. The van der Waals surface area contributed by atoms with Crippen LogP contribution in [0.3, 0.4) is 0 Å². The highest BCUT2D eigenvalue weighted by molar-refractivity contribution is 5.34. The molecule has 39 heavy (non-hydrogen) atoms. The first-order valence-corrected chi connectivity index (χ1v) is 12.1. The summed E-state index contributed by atoms with van der Waals surface area (Å²) >= 11 is 0. The Kier molecular flexibility index (Phi) is 33.5. The Labute approximate surface area is 245 Å². The van der Waals surface area contributed by atoms with Gasteiger partial charge in [0, 0.05) is 0 Å². The molecule has 0 fully saturated rings. The maximum absolute atomic E-state index is 9.41. The summed E-state index contributed by atoms with van der Waals surface area (Å²) in [4.78, 5) is 0. The highest BCUT2D eigenvalue weighted by Crippen LogP contribution is 2.26. The zero-order valence-corrected chi connectivity index (χ0v) is 21.1. The Balaban J connectivity index is -0.0000000972. The molecule has 3 atom stereocenters. The maximum Gasteiger partial charge on any atom is 0.119 e. The van der Waals surface area contributed by atoms with E-state index in [1.54, 1.807) is 24.3 Å². The molecule has 3 nitrogen and oxygen atoms in total. The minimum Gasteiger partial charge on any atom is -0.508 e. The number of aromatic hydroxyl groups is 3. The van der Waals surface area contributed by atoms with Crippen LogP contribution in [-0.2, 0) is 0 Å². The topological polar surface area (TPSA) is 60.7 Å². The van der Waals surface area contributed by atoms with E-state index in [2.05, 4.69) is 41.5 Å². The Hall–Kier alpha value is -2.94. The number of phenolic OH excluding ortho intramolecular Hbond substituents is 3. The highest BCUT2D eigenvalue weighted by Gasteiger charge is 2.06. The normalized spacial score (nSPS) is 10.9. The predicted octanol–water partition coefficient (Wildman–Crippen LogP) is 12.5. The second-order valence-corrected chi connectivity index (χ2v) is 8.67. The fraction of sp³-hybridized carbons (Fsp3) is 0.500. The lowest BCUT2D eigenvalue weighted by Crippen LogP contribution is -1.90. The zero-order chi connectivity index (χ0) is 24.8. The van der Waals surface area contributed by atoms with Gasteiger partial charge in [-0.05, 0) is 84.0 Å². The Bertz CT molecular complexity index is 919. The largest absolute Gasteiger partial charge is 0.508 e. The van der Waals surface area contributed by atoms with E-state index in [1.165, 1.54) is 11.1 Å². The second kappa shape index (κ2) is 26.7. The molecule has 0 saturated heterocycles. The van der Waals surface area contributed by atoms with Crippen molar-refractivity contribution in [1.82, 2.24) is 0 Å². The molecule has 0 aliphatic rings. The number of phenols is 3. The molecule has 0 bridgehead atoms. The predicted molar refractivity (Wildman–Crippen MR) is 181 cm³/mol. The Morgan fingerprint density at radius 3 is 1.38 bits per heavy atom. The molecule has 0 aliphatic carbocycles. The van der Waals surface area contributed by atoms with Gasteiger partial charge in [0.25, 0.3) is 0 Å². The third-order valence-corrected chi connectivity index (χ3v) is 6.21. The fourth-order valence-electron chi connectivity index (χ4n) is 3.23. The fourth-order valence-corrected chi connectivity index (χ4v) is 3.23. The standard InChI is InChI=1S/3C10H14O.6CH4/c1-3-8(2)9-4-6-10(11)7-5-9;1-3-8(2)9-5-4-6-10(11)7-9;1-3-8(2)9-6-4-5-7-10(9)11;;;;;;/h3*4-8,11H,3H2,1-2H3;6*1H4. The van der Waals surface area contributed by atoms with Gasteiger partial charge in [-0.2, -0.15) is 0 Å². The summed E-state index contributed by atoms with van der Waals surface area (Å²) in [7, 11) is 0. The van der Waals surface area contributed by atoms with Crippen molar-refractivity contribution in [1.29, 1.82) is 0 Å². The molecule has 0 aliphatic heterocycles. The summed E-state index contributed by atoms with van der Waals surface area (Å²) in [6.45, 7) is 12.9. The molecule has 3 aromatic rings. The van der Waals surface area contributed by atoms with E-state index in [-0.39, 0.29) is 44.6 Å². The summed E-state index contributed by atoms with van der Waals surface area (Å²) < 4.78 is 0. The number of hydrogen-bond donors (Lipinski definition) is 3. The van der Waals surface area contributed by atoms with Crippen LogP contribution in [0.5, 0.6) is 17.2 Å². The van der Waals surface area contributed by atoms with Gasteiger partial charge < -0.3 is 15.3 Å². The SMILES string of the molecule is C.C.C.C.C.C.CCC(C)c1ccc(O)cc1.CCC(C)c1cccc(O)c1.CCC(C)c1ccccc1O. The van der Waals surface area contributed by atoms with Gasteiger partial charge in [0.15, 0.2) is 0 Å². The minimum atomic E-state index is 0. The van der Waals surface area contributed by atoms with Gasteiger partial charge in [0.05, 0.1) is 0 Å². The van der Waals surface area contributed by atoms with Gasteiger partial charge in [0.2, 0.25) is 0 Å². The van der Waals surface area contributed by atoms with Gasteiger partial charge in [-0.3, -0.25) is 0 Å². The van der Waals surface area contributed by atoms with E-state index < -0.39 is 0 Å². The molecule has 3 rings (SSSR count). The molecule has 0 spiro atoms. The van der Waals surface area contributed by atoms with Gasteiger partial charge in [0.1, 0.15) is 17.2 Å². The van der Waals surface area contributed by atoms with Crippen molar-refractivity contribution in [3.8, 4) is 17.2 Å². The van der Waals surface area contributed by atoms with Crippen LogP contribution in [0.2, 0.25) is 0 Å². The third-order valence-electron chi connectivity index (χ3n) is 6.21. The van der Waals surface area contributed by atoms with Crippen LogP contribution in [0.4, 0.5) is 0 Å². The van der Waals surface area contributed by atoms with E-state index in [0.29, 0.717) is 35.0 Å². The molecule has 3 N–H and O–H groups in total. The van der Waals surface area contributed by atoms with Crippen molar-refractivity contribution in [2.45, 2.75) is 123 Å². The smallest absolute Gasteiger partial charge is 0.119 e. The van der Waals surface area contributed by atoms with E-state index >= 15 is 0 Å². The van der Waals surface area contributed by atoms with Gasteiger partial charge in [-0.15, -0.1) is 0 Å². The molecule has 3 unspecified atom stereocenters. The van der Waals surface area contributed by atoms with E-state index in [9.17, 15) is 5.11 Å². The number of hydrogen-bond acceptors (Lipinski definition) is 3. The van der Waals surface area contributed by atoms with Crippen molar-refractivity contribution in [3.63, 3.8) is 0 Å². The van der Waals surface area contributed by atoms with Gasteiger partial charge in [-0.25, -0.2) is 0 Å². The van der Waals surface area contributed by atoms with E-state index in [1.807, 2.05) is 48.5 Å². The third kappa shape index (κ3) is 18.1. The molecule has 3 heteroatoms. The van der Waals surface area contributed by atoms with Gasteiger partial charge in [-0.1, -0.05) is 129 Å². The minimum absolute atomic E-state index is 0. The molecule has 0 saturated carbocycles. The van der Waals surface area contributed by atoms with Crippen molar-refractivity contribution >= 4 is 0 Å². The Morgan fingerprint density at radius 2 is 0.949 bits per heavy atom.